The number of fused-ring (bicyclic) bond motifs is 2. The maximum absolute atomic E-state index is 14.5. The monoisotopic (exact) mass is 453 g/mol. The Hall–Kier alpha value is -3.33. The number of aliphatic hydroxyl groups is 1. The summed E-state index contributed by atoms with van der Waals surface area (Å²) in [4.78, 5) is 21.2. The van der Waals surface area contributed by atoms with Crippen LogP contribution >= 0.6 is 0 Å². The molecular weight excluding hydrogens is 425 g/mol. The second-order valence-corrected chi connectivity index (χ2v) is 10.2. The Balaban J connectivity index is 1.77. The first-order chi connectivity index (χ1) is 15.4. The molecule has 8 nitrogen and oxygen atoms in total. The molecule has 4 rings (SSSR count). The second kappa shape index (κ2) is 8.22. The van der Waals surface area contributed by atoms with Crippen LogP contribution in [0.4, 0.5) is 10.2 Å². The summed E-state index contributed by atoms with van der Waals surface area (Å²) in [5, 5.41) is 18.2. The van der Waals surface area contributed by atoms with Gasteiger partial charge in [-0.1, -0.05) is 20.8 Å². The average Bonchev–Trinajstić information content (AvgIpc) is 3.29. The Morgan fingerprint density at radius 3 is 2.61 bits per heavy atom. The molecule has 1 aromatic carbocycles. The van der Waals surface area contributed by atoms with Crippen molar-refractivity contribution in [2.45, 2.75) is 59.6 Å². The molecule has 33 heavy (non-hydrogen) atoms. The van der Waals surface area contributed by atoms with Gasteiger partial charge in [0.05, 0.1) is 11.0 Å². The quantitative estimate of drug-likeness (QED) is 0.429. The smallest absolute Gasteiger partial charge is 0.226 e. The van der Waals surface area contributed by atoms with Gasteiger partial charge in [-0.15, -0.1) is 0 Å². The van der Waals surface area contributed by atoms with E-state index in [1.54, 1.807) is 30.8 Å². The average molecular weight is 454 g/mol. The van der Waals surface area contributed by atoms with E-state index in [9.17, 15) is 14.3 Å². The number of carbonyl (C=O) groups excluding carboxylic acids is 1. The van der Waals surface area contributed by atoms with Crippen molar-refractivity contribution in [1.82, 2.24) is 19.7 Å². The molecule has 0 saturated carbocycles. The van der Waals surface area contributed by atoms with Gasteiger partial charge in [0.25, 0.3) is 0 Å². The summed E-state index contributed by atoms with van der Waals surface area (Å²) in [7, 11) is 0. The van der Waals surface area contributed by atoms with Crippen molar-refractivity contribution < 1.29 is 18.7 Å². The highest BCUT2D eigenvalue weighted by atomic mass is 19.1. The minimum atomic E-state index is -0.877. The molecule has 3 heterocycles. The van der Waals surface area contributed by atoms with Gasteiger partial charge in [0.1, 0.15) is 5.52 Å². The van der Waals surface area contributed by atoms with Gasteiger partial charge in [-0.05, 0) is 49.4 Å². The highest BCUT2D eigenvalue weighted by Crippen LogP contribution is 2.31. The Morgan fingerprint density at radius 1 is 1.15 bits per heavy atom. The van der Waals surface area contributed by atoms with Crippen LogP contribution in [0.5, 0.6) is 0 Å². The molecular formula is C24H28FN5O3. The predicted molar refractivity (Wildman–Crippen MR) is 124 cm³/mol. The third-order valence-corrected chi connectivity index (χ3v) is 5.19. The van der Waals surface area contributed by atoms with Crippen LogP contribution in [0.25, 0.3) is 33.3 Å². The van der Waals surface area contributed by atoms with E-state index in [1.807, 2.05) is 26.8 Å². The van der Waals surface area contributed by atoms with Gasteiger partial charge in [-0.25, -0.2) is 19.0 Å². The van der Waals surface area contributed by atoms with E-state index >= 15 is 0 Å². The van der Waals surface area contributed by atoms with E-state index in [4.69, 9.17) is 4.42 Å². The Labute approximate surface area is 190 Å². The van der Waals surface area contributed by atoms with Crippen LogP contribution in [0.3, 0.4) is 0 Å². The van der Waals surface area contributed by atoms with Crippen molar-refractivity contribution >= 4 is 33.9 Å². The molecule has 0 atom stereocenters. The molecule has 0 aliphatic rings. The fourth-order valence-corrected chi connectivity index (χ4v) is 3.60. The molecule has 9 heteroatoms. The summed E-state index contributed by atoms with van der Waals surface area (Å²) < 4.78 is 21.2. The van der Waals surface area contributed by atoms with Gasteiger partial charge < -0.3 is 14.8 Å². The van der Waals surface area contributed by atoms with Crippen molar-refractivity contribution in [2.75, 3.05) is 5.32 Å². The van der Waals surface area contributed by atoms with Gasteiger partial charge in [-0.3, -0.25) is 4.79 Å². The number of nitrogens with zero attached hydrogens (tertiary/aromatic N) is 4. The van der Waals surface area contributed by atoms with E-state index in [-0.39, 0.29) is 16.9 Å². The van der Waals surface area contributed by atoms with Crippen molar-refractivity contribution in [3.63, 3.8) is 0 Å². The highest BCUT2D eigenvalue weighted by Gasteiger charge is 2.21. The van der Waals surface area contributed by atoms with E-state index in [1.165, 1.54) is 12.5 Å². The number of benzene rings is 1. The van der Waals surface area contributed by atoms with Crippen molar-refractivity contribution in [3.8, 4) is 11.1 Å². The van der Waals surface area contributed by atoms with Crippen LogP contribution in [-0.4, -0.2) is 36.4 Å². The molecule has 0 aliphatic carbocycles. The largest absolute Gasteiger partial charge is 0.440 e. The zero-order valence-electron chi connectivity index (χ0n) is 19.4. The summed E-state index contributed by atoms with van der Waals surface area (Å²) in [5.74, 6) is -0.288. The summed E-state index contributed by atoms with van der Waals surface area (Å²) >= 11 is 0. The normalized spacial score (nSPS) is 12.6. The summed E-state index contributed by atoms with van der Waals surface area (Å²) in [5.41, 5.74) is 1.25. The number of amides is 1. The van der Waals surface area contributed by atoms with Crippen LogP contribution < -0.4 is 5.32 Å². The maximum atomic E-state index is 14.5. The first-order valence-corrected chi connectivity index (χ1v) is 10.8. The zero-order chi connectivity index (χ0) is 24.0. The summed E-state index contributed by atoms with van der Waals surface area (Å²) in [6.45, 7) is 9.83. The lowest BCUT2D eigenvalue weighted by Crippen LogP contribution is -2.22. The molecule has 174 valence electrons. The molecule has 0 bridgehead atoms. The predicted octanol–water partition coefficient (Wildman–Crippen LogP) is 4.91. The standard InChI is InChI=1S/C24H28FN5O3/c1-23(2,3)11-19(31)28-21-16-8-15(14-9-17(25)20-18(10-14)27-13-33-20)12-26-22(16)30(29-21)7-6-24(4,5)32/h8-10,12-13,32H,6-7,11H2,1-5H3,(H,28,29,31). The number of hydrogen-bond acceptors (Lipinski definition) is 6. The second-order valence-electron chi connectivity index (χ2n) is 10.2. The van der Waals surface area contributed by atoms with Gasteiger partial charge in [0, 0.05) is 24.7 Å². The SMILES string of the molecule is CC(C)(C)CC(=O)Nc1nn(CCC(C)(C)O)c2ncc(-c3cc(F)c4ocnc4c3)cc12. The summed E-state index contributed by atoms with van der Waals surface area (Å²) in [6, 6.07) is 4.91. The number of hydrogen-bond donors (Lipinski definition) is 2. The highest BCUT2D eigenvalue weighted by molar-refractivity contribution is 6.00. The lowest BCUT2D eigenvalue weighted by atomic mass is 9.92. The Kier molecular flexibility index (Phi) is 5.69. The lowest BCUT2D eigenvalue weighted by Gasteiger charge is -2.17. The van der Waals surface area contributed by atoms with Crippen LogP contribution in [0, 0.1) is 11.2 Å². The number of aromatic nitrogens is 4. The fourth-order valence-electron chi connectivity index (χ4n) is 3.60. The number of oxazole rings is 1. The first kappa shape index (κ1) is 22.8. The molecule has 3 aromatic heterocycles. The van der Waals surface area contributed by atoms with E-state index in [0.717, 1.165) is 0 Å². The lowest BCUT2D eigenvalue weighted by molar-refractivity contribution is -0.117. The van der Waals surface area contributed by atoms with E-state index in [0.29, 0.717) is 52.9 Å². The molecule has 0 radical (unpaired) electrons. The Bertz CT molecular complexity index is 1330. The van der Waals surface area contributed by atoms with Crippen molar-refractivity contribution in [2.24, 2.45) is 5.41 Å². The van der Waals surface area contributed by atoms with Crippen LogP contribution in [0.1, 0.15) is 47.5 Å². The molecule has 4 aromatic rings. The molecule has 2 N–H and O–H groups in total. The number of anilines is 1. The maximum Gasteiger partial charge on any atom is 0.226 e. The molecule has 1 amide bonds. The molecule has 0 unspecified atom stereocenters. The number of aryl methyl sites for hydroxylation is 1. The van der Waals surface area contributed by atoms with Gasteiger partial charge >= 0.3 is 0 Å². The fraction of sp³-hybridized carbons (Fsp3) is 0.417. The van der Waals surface area contributed by atoms with Crippen LogP contribution in [-0.2, 0) is 11.3 Å². The van der Waals surface area contributed by atoms with Gasteiger partial charge in [-0.2, -0.15) is 5.10 Å². The number of pyridine rings is 1. The third kappa shape index (κ3) is 5.19. The van der Waals surface area contributed by atoms with Gasteiger partial charge in [0.2, 0.25) is 5.91 Å². The molecule has 0 saturated heterocycles. The van der Waals surface area contributed by atoms with Crippen molar-refractivity contribution in [1.29, 1.82) is 0 Å². The van der Waals surface area contributed by atoms with Gasteiger partial charge in [0.15, 0.2) is 29.3 Å². The summed E-state index contributed by atoms with van der Waals surface area (Å²) in [6.07, 6.45) is 3.61. The van der Waals surface area contributed by atoms with Crippen LogP contribution in [0.2, 0.25) is 0 Å². The Morgan fingerprint density at radius 2 is 1.91 bits per heavy atom. The minimum absolute atomic E-state index is 0.0994. The molecule has 0 fully saturated rings. The number of rotatable bonds is 6. The number of nitrogens with one attached hydrogen (secondary N) is 1. The van der Waals surface area contributed by atoms with Crippen molar-refractivity contribution in [3.05, 3.63) is 36.6 Å². The van der Waals surface area contributed by atoms with Crippen LogP contribution in [0.15, 0.2) is 35.2 Å². The first-order valence-electron chi connectivity index (χ1n) is 10.8. The van der Waals surface area contributed by atoms with E-state index in [2.05, 4.69) is 20.4 Å². The number of halogens is 1. The minimum Gasteiger partial charge on any atom is -0.440 e. The number of carbonyl (C=O) groups is 1. The molecule has 0 aliphatic heterocycles. The molecule has 0 spiro atoms. The third-order valence-electron chi connectivity index (χ3n) is 5.19. The van der Waals surface area contributed by atoms with E-state index < -0.39 is 11.4 Å². The zero-order valence-corrected chi connectivity index (χ0v) is 19.4. The topological polar surface area (TPSA) is 106 Å².